The van der Waals surface area contributed by atoms with Gasteiger partial charge in [-0.1, -0.05) is 30.3 Å². The van der Waals surface area contributed by atoms with Gasteiger partial charge in [-0.15, -0.1) is 0 Å². The van der Waals surface area contributed by atoms with Crippen molar-refractivity contribution in [2.24, 2.45) is 0 Å². The van der Waals surface area contributed by atoms with Crippen molar-refractivity contribution >= 4 is 11.3 Å². The molecule has 1 N–H and O–H groups in total. The van der Waals surface area contributed by atoms with Crippen LogP contribution < -0.4 is 0 Å². The summed E-state index contributed by atoms with van der Waals surface area (Å²) in [6, 6.07) is 14.3. The smallest absolute Gasteiger partial charge is 0.0925 e. The van der Waals surface area contributed by atoms with Crippen molar-refractivity contribution in [2.45, 2.75) is 19.1 Å². The second kappa shape index (κ2) is 7.81. The topological polar surface area (TPSA) is 47.3 Å². The molecule has 0 aliphatic rings. The minimum atomic E-state index is -0.497. The predicted octanol–water partition coefficient (Wildman–Crippen LogP) is 3.20. The number of aliphatic hydroxyl groups is 1. The van der Waals surface area contributed by atoms with Crippen LogP contribution in [0.1, 0.15) is 23.7 Å². The van der Waals surface area contributed by atoms with E-state index in [4.69, 9.17) is 5.26 Å². The zero-order valence-corrected chi connectivity index (χ0v) is 12.1. The van der Waals surface area contributed by atoms with Crippen molar-refractivity contribution < 1.29 is 5.11 Å². The van der Waals surface area contributed by atoms with Gasteiger partial charge in [0, 0.05) is 26.1 Å². The van der Waals surface area contributed by atoms with Crippen LogP contribution in [0.4, 0.5) is 0 Å². The predicted molar refractivity (Wildman–Crippen MR) is 81.2 cm³/mol. The normalized spacial score (nSPS) is 12.2. The Bertz CT molecular complexity index is 533. The number of hydrogen-bond acceptors (Lipinski definition) is 4. The Balaban J connectivity index is 1.98. The monoisotopic (exact) mass is 286 g/mol. The Morgan fingerprint density at radius 1 is 1.25 bits per heavy atom. The average Bonchev–Trinajstić information content (AvgIpc) is 3.00. The number of hydrogen-bond donors (Lipinski definition) is 1. The number of benzene rings is 1. The van der Waals surface area contributed by atoms with E-state index in [-0.39, 0.29) is 0 Å². The summed E-state index contributed by atoms with van der Waals surface area (Å²) in [6.07, 6.45) is -0.0212. The van der Waals surface area contributed by atoms with E-state index in [0.717, 1.165) is 12.1 Å². The summed E-state index contributed by atoms with van der Waals surface area (Å²) < 4.78 is 0. The lowest BCUT2D eigenvalue weighted by Gasteiger charge is -2.24. The molecule has 104 valence electrons. The third-order valence-electron chi connectivity index (χ3n) is 3.15. The molecule has 0 fully saturated rings. The minimum absolute atomic E-state index is 0.475. The second-order valence-corrected chi connectivity index (χ2v) is 5.48. The Labute approximate surface area is 123 Å². The van der Waals surface area contributed by atoms with Gasteiger partial charge in [0.1, 0.15) is 0 Å². The molecule has 2 rings (SSSR count). The van der Waals surface area contributed by atoms with E-state index in [1.165, 1.54) is 5.56 Å². The molecule has 3 nitrogen and oxygen atoms in total. The molecule has 1 atom stereocenters. The molecule has 0 saturated heterocycles. The van der Waals surface area contributed by atoms with E-state index < -0.39 is 6.10 Å². The highest BCUT2D eigenvalue weighted by Crippen LogP contribution is 2.18. The molecule has 1 aromatic carbocycles. The van der Waals surface area contributed by atoms with Crippen molar-refractivity contribution in [2.75, 3.05) is 13.1 Å². The fourth-order valence-electron chi connectivity index (χ4n) is 2.10. The highest BCUT2D eigenvalue weighted by atomic mass is 32.1. The van der Waals surface area contributed by atoms with Crippen molar-refractivity contribution in [1.29, 1.82) is 5.26 Å². The van der Waals surface area contributed by atoms with Gasteiger partial charge in [0.2, 0.25) is 0 Å². The third kappa shape index (κ3) is 4.46. The van der Waals surface area contributed by atoms with Crippen LogP contribution in [0.15, 0.2) is 47.2 Å². The van der Waals surface area contributed by atoms with E-state index >= 15 is 0 Å². The molecule has 0 radical (unpaired) electrons. The highest BCUT2D eigenvalue weighted by molar-refractivity contribution is 7.07. The number of aliphatic hydroxyl groups excluding tert-OH is 1. The van der Waals surface area contributed by atoms with Crippen molar-refractivity contribution in [3.8, 4) is 6.07 Å². The maximum Gasteiger partial charge on any atom is 0.0925 e. The van der Waals surface area contributed by atoms with Gasteiger partial charge in [-0.25, -0.2) is 0 Å². The molecule has 20 heavy (non-hydrogen) atoms. The number of rotatable bonds is 7. The van der Waals surface area contributed by atoms with Gasteiger partial charge in [0.05, 0.1) is 12.2 Å². The van der Waals surface area contributed by atoms with Crippen LogP contribution in [-0.4, -0.2) is 23.1 Å². The van der Waals surface area contributed by atoms with Gasteiger partial charge < -0.3 is 5.11 Å². The molecule has 1 aromatic heterocycles. The van der Waals surface area contributed by atoms with Crippen LogP contribution in [0.5, 0.6) is 0 Å². The summed E-state index contributed by atoms with van der Waals surface area (Å²) in [4.78, 5) is 2.13. The van der Waals surface area contributed by atoms with Crippen molar-refractivity contribution in [1.82, 2.24) is 4.90 Å². The molecule has 0 amide bonds. The molecule has 0 aliphatic heterocycles. The Morgan fingerprint density at radius 2 is 2.05 bits per heavy atom. The van der Waals surface area contributed by atoms with Crippen LogP contribution in [0.2, 0.25) is 0 Å². The molecule has 1 heterocycles. The molecule has 4 heteroatoms. The zero-order valence-electron chi connectivity index (χ0n) is 11.3. The quantitative estimate of drug-likeness (QED) is 0.850. The van der Waals surface area contributed by atoms with E-state index in [0.29, 0.717) is 19.5 Å². The molecule has 1 unspecified atom stereocenters. The summed E-state index contributed by atoms with van der Waals surface area (Å²) in [7, 11) is 0. The molecular formula is C16H18N2OS. The zero-order chi connectivity index (χ0) is 14.2. The number of nitriles is 1. The van der Waals surface area contributed by atoms with Crippen LogP contribution >= 0.6 is 11.3 Å². The largest absolute Gasteiger partial charge is 0.387 e. The minimum Gasteiger partial charge on any atom is -0.387 e. The summed E-state index contributed by atoms with van der Waals surface area (Å²) in [5, 5.41) is 22.9. The second-order valence-electron chi connectivity index (χ2n) is 4.70. The first kappa shape index (κ1) is 14.7. The average molecular weight is 286 g/mol. The Morgan fingerprint density at radius 3 is 2.70 bits per heavy atom. The van der Waals surface area contributed by atoms with Crippen LogP contribution in [0.3, 0.4) is 0 Å². The maximum absolute atomic E-state index is 10.2. The Hall–Kier alpha value is -1.67. The molecule has 2 aromatic rings. The van der Waals surface area contributed by atoms with E-state index in [1.54, 1.807) is 11.3 Å². The first-order valence-electron chi connectivity index (χ1n) is 6.63. The van der Waals surface area contributed by atoms with Gasteiger partial charge >= 0.3 is 0 Å². The molecule has 0 saturated carbocycles. The Kier molecular flexibility index (Phi) is 5.75. The van der Waals surface area contributed by atoms with E-state index in [2.05, 4.69) is 23.1 Å². The van der Waals surface area contributed by atoms with Gasteiger partial charge in [-0.05, 0) is 28.0 Å². The molecule has 0 aliphatic carbocycles. The van der Waals surface area contributed by atoms with Gasteiger partial charge in [0.15, 0.2) is 0 Å². The molecule has 0 spiro atoms. The molecule has 0 bridgehead atoms. The lowest BCUT2D eigenvalue weighted by atomic mass is 10.1. The first-order valence-corrected chi connectivity index (χ1v) is 7.57. The van der Waals surface area contributed by atoms with E-state index in [9.17, 15) is 5.11 Å². The standard InChI is InChI=1S/C16H18N2OS/c17-8-4-9-18(11-14-5-2-1-3-6-14)12-16(19)15-7-10-20-13-15/h1-3,5-7,10,13,16,19H,4,9,11-12H2. The highest BCUT2D eigenvalue weighted by Gasteiger charge is 2.14. The number of thiophene rings is 1. The lowest BCUT2D eigenvalue weighted by Crippen LogP contribution is -2.29. The van der Waals surface area contributed by atoms with Crippen LogP contribution in [0.25, 0.3) is 0 Å². The first-order chi connectivity index (χ1) is 9.79. The van der Waals surface area contributed by atoms with Crippen LogP contribution in [-0.2, 0) is 6.54 Å². The fourth-order valence-corrected chi connectivity index (χ4v) is 2.81. The van der Waals surface area contributed by atoms with E-state index in [1.807, 2.05) is 35.0 Å². The van der Waals surface area contributed by atoms with Crippen molar-refractivity contribution in [3.63, 3.8) is 0 Å². The van der Waals surface area contributed by atoms with Crippen LogP contribution in [0, 0.1) is 11.3 Å². The maximum atomic E-state index is 10.2. The fraction of sp³-hybridized carbons (Fsp3) is 0.312. The summed E-state index contributed by atoms with van der Waals surface area (Å²) in [6.45, 7) is 1.98. The number of nitrogens with zero attached hydrogens (tertiary/aromatic N) is 2. The summed E-state index contributed by atoms with van der Waals surface area (Å²) >= 11 is 1.59. The SMILES string of the molecule is N#CCCN(Cc1ccccc1)CC(O)c1ccsc1. The third-order valence-corrected chi connectivity index (χ3v) is 3.85. The molecular weight excluding hydrogens is 268 g/mol. The lowest BCUT2D eigenvalue weighted by molar-refractivity contribution is 0.110. The summed E-state index contributed by atoms with van der Waals surface area (Å²) in [5.74, 6) is 0. The van der Waals surface area contributed by atoms with Crippen molar-refractivity contribution in [3.05, 3.63) is 58.3 Å². The van der Waals surface area contributed by atoms with Gasteiger partial charge in [-0.2, -0.15) is 16.6 Å². The van der Waals surface area contributed by atoms with Gasteiger partial charge in [0.25, 0.3) is 0 Å². The summed E-state index contributed by atoms with van der Waals surface area (Å²) in [5.41, 5.74) is 2.15. The van der Waals surface area contributed by atoms with Gasteiger partial charge in [-0.3, -0.25) is 4.90 Å².